The summed E-state index contributed by atoms with van der Waals surface area (Å²) in [5.74, 6) is 0.307. The third kappa shape index (κ3) is 6.31. The van der Waals surface area contributed by atoms with Gasteiger partial charge in [-0.2, -0.15) is 0 Å². The molecule has 0 saturated carbocycles. The molecule has 0 radical (unpaired) electrons. The number of ether oxygens (including phenoxy) is 2. The Morgan fingerprint density at radius 3 is 2.50 bits per heavy atom. The minimum atomic E-state index is -0.514. The van der Waals surface area contributed by atoms with Crippen molar-refractivity contribution in [2.24, 2.45) is 5.92 Å². The maximum absolute atomic E-state index is 14.4. The van der Waals surface area contributed by atoms with E-state index in [1.165, 1.54) is 18.3 Å². The fraction of sp³-hybridized carbons (Fsp3) is 0.269. The van der Waals surface area contributed by atoms with Gasteiger partial charge in [0.2, 0.25) is 5.91 Å². The van der Waals surface area contributed by atoms with Gasteiger partial charge < -0.3 is 19.7 Å². The molecule has 4 rings (SSSR count). The lowest BCUT2D eigenvalue weighted by Gasteiger charge is -2.31. The van der Waals surface area contributed by atoms with Gasteiger partial charge in [-0.1, -0.05) is 24.3 Å². The van der Waals surface area contributed by atoms with Crippen LogP contribution in [0.2, 0.25) is 0 Å². The van der Waals surface area contributed by atoms with E-state index in [1.807, 2.05) is 18.2 Å². The van der Waals surface area contributed by atoms with E-state index in [-0.39, 0.29) is 36.6 Å². The second kappa shape index (κ2) is 11.3. The highest BCUT2D eigenvalue weighted by molar-refractivity contribution is 5.80. The second-order valence-corrected chi connectivity index (χ2v) is 8.03. The van der Waals surface area contributed by atoms with Crippen molar-refractivity contribution in [2.45, 2.75) is 19.4 Å². The summed E-state index contributed by atoms with van der Waals surface area (Å²) in [6, 6.07) is 17.2. The summed E-state index contributed by atoms with van der Waals surface area (Å²) in [5, 5.41) is 2.87. The van der Waals surface area contributed by atoms with Gasteiger partial charge in [0.15, 0.2) is 18.2 Å². The number of nitrogens with one attached hydrogen (secondary N) is 1. The minimum Gasteiger partial charge on any atom is -0.484 e. The largest absolute Gasteiger partial charge is 0.484 e. The van der Waals surface area contributed by atoms with Crippen LogP contribution in [0.5, 0.6) is 17.2 Å². The van der Waals surface area contributed by atoms with Gasteiger partial charge in [-0.3, -0.25) is 14.6 Å². The van der Waals surface area contributed by atoms with Crippen LogP contribution >= 0.6 is 0 Å². The number of likely N-dealkylation sites (tertiary alicyclic amines) is 1. The molecule has 1 aromatic heterocycles. The molecule has 0 spiro atoms. The van der Waals surface area contributed by atoms with E-state index >= 15 is 0 Å². The first-order valence-electron chi connectivity index (χ1n) is 11.2. The van der Waals surface area contributed by atoms with Crippen molar-refractivity contribution in [1.82, 2.24) is 15.2 Å². The number of benzene rings is 2. The molecule has 1 saturated heterocycles. The SMILES string of the molecule is O=C(NCc1ccc(Oc2cccnc2)c(F)c1)C1CCN(C(=O)COc2ccccc2)CC1. The first-order valence-corrected chi connectivity index (χ1v) is 11.2. The van der Waals surface area contributed by atoms with E-state index in [0.717, 1.165) is 0 Å². The van der Waals surface area contributed by atoms with Crippen LogP contribution in [0.25, 0.3) is 0 Å². The Labute approximate surface area is 197 Å². The molecule has 0 bridgehead atoms. The van der Waals surface area contributed by atoms with Crippen molar-refractivity contribution < 1.29 is 23.5 Å². The maximum atomic E-state index is 14.4. The van der Waals surface area contributed by atoms with Crippen LogP contribution in [0, 0.1) is 11.7 Å². The minimum absolute atomic E-state index is 0.0209. The highest BCUT2D eigenvalue weighted by Gasteiger charge is 2.27. The summed E-state index contributed by atoms with van der Waals surface area (Å²) in [7, 11) is 0. The number of carbonyl (C=O) groups excluding carboxylic acids is 2. The zero-order chi connectivity index (χ0) is 23.8. The molecule has 0 aliphatic carbocycles. The molecular formula is C26H26FN3O4. The normalized spacial score (nSPS) is 13.9. The van der Waals surface area contributed by atoms with E-state index in [2.05, 4.69) is 10.3 Å². The zero-order valence-electron chi connectivity index (χ0n) is 18.7. The number of rotatable bonds is 8. The lowest BCUT2D eigenvalue weighted by atomic mass is 9.95. The summed E-state index contributed by atoms with van der Waals surface area (Å²) in [6.45, 7) is 1.20. The van der Waals surface area contributed by atoms with Crippen LogP contribution in [0.4, 0.5) is 4.39 Å². The molecule has 7 nitrogen and oxygen atoms in total. The summed E-state index contributed by atoms with van der Waals surface area (Å²) in [5.41, 5.74) is 0.634. The summed E-state index contributed by atoms with van der Waals surface area (Å²) in [4.78, 5) is 30.6. The average molecular weight is 464 g/mol. The number of hydrogen-bond acceptors (Lipinski definition) is 5. The monoisotopic (exact) mass is 463 g/mol. The number of para-hydroxylation sites is 1. The van der Waals surface area contributed by atoms with Crippen molar-refractivity contribution in [3.63, 3.8) is 0 Å². The summed E-state index contributed by atoms with van der Waals surface area (Å²) in [6.07, 6.45) is 4.27. The topological polar surface area (TPSA) is 80.8 Å². The van der Waals surface area contributed by atoms with Crippen LogP contribution in [0.3, 0.4) is 0 Å². The van der Waals surface area contributed by atoms with E-state index in [1.54, 1.807) is 41.4 Å². The van der Waals surface area contributed by atoms with E-state index in [0.29, 0.717) is 43.0 Å². The van der Waals surface area contributed by atoms with Crippen molar-refractivity contribution in [2.75, 3.05) is 19.7 Å². The highest BCUT2D eigenvalue weighted by atomic mass is 19.1. The molecule has 1 aliphatic rings. The van der Waals surface area contributed by atoms with Gasteiger partial charge in [0.05, 0.1) is 6.20 Å². The second-order valence-electron chi connectivity index (χ2n) is 8.03. The molecule has 1 aliphatic heterocycles. The third-order valence-corrected chi connectivity index (χ3v) is 5.65. The van der Waals surface area contributed by atoms with E-state index in [9.17, 15) is 14.0 Å². The molecule has 1 fully saturated rings. The Hall–Kier alpha value is -3.94. The quantitative estimate of drug-likeness (QED) is 0.547. The number of aromatic nitrogens is 1. The summed E-state index contributed by atoms with van der Waals surface area (Å²) < 4.78 is 25.4. The Morgan fingerprint density at radius 2 is 1.79 bits per heavy atom. The molecule has 2 heterocycles. The van der Waals surface area contributed by atoms with Gasteiger partial charge in [-0.25, -0.2) is 4.39 Å². The van der Waals surface area contributed by atoms with Crippen LogP contribution < -0.4 is 14.8 Å². The predicted molar refractivity (Wildman–Crippen MR) is 124 cm³/mol. The zero-order valence-corrected chi connectivity index (χ0v) is 18.7. The lowest BCUT2D eigenvalue weighted by molar-refractivity contribution is -0.137. The predicted octanol–water partition coefficient (Wildman–Crippen LogP) is 3.95. The standard InChI is InChI=1S/C26H26FN3O4/c27-23-15-19(8-9-24(23)34-22-7-4-12-28-17-22)16-29-26(32)20-10-13-30(14-11-20)25(31)18-33-21-5-2-1-3-6-21/h1-9,12,15,17,20H,10-11,13-14,16,18H2,(H,29,32). The Balaban J connectivity index is 1.20. The van der Waals surface area contributed by atoms with Crippen LogP contribution in [-0.4, -0.2) is 41.4 Å². The van der Waals surface area contributed by atoms with Gasteiger partial charge in [-0.15, -0.1) is 0 Å². The molecule has 34 heavy (non-hydrogen) atoms. The average Bonchev–Trinajstić information content (AvgIpc) is 2.88. The van der Waals surface area contributed by atoms with Crippen LogP contribution in [0.1, 0.15) is 18.4 Å². The highest BCUT2D eigenvalue weighted by Crippen LogP contribution is 2.25. The van der Waals surface area contributed by atoms with Crippen molar-refractivity contribution in [3.8, 4) is 17.2 Å². The molecular weight excluding hydrogens is 437 g/mol. The Bertz CT molecular complexity index is 1100. The van der Waals surface area contributed by atoms with Crippen molar-refractivity contribution in [1.29, 1.82) is 0 Å². The number of hydrogen-bond donors (Lipinski definition) is 1. The first-order chi connectivity index (χ1) is 16.6. The smallest absolute Gasteiger partial charge is 0.260 e. The van der Waals surface area contributed by atoms with Crippen LogP contribution in [-0.2, 0) is 16.1 Å². The fourth-order valence-electron chi connectivity index (χ4n) is 3.75. The molecule has 8 heteroatoms. The van der Waals surface area contributed by atoms with Crippen molar-refractivity contribution in [3.05, 3.63) is 84.4 Å². The number of pyridine rings is 1. The summed E-state index contributed by atoms with van der Waals surface area (Å²) >= 11 is 0. The molecule has 2 amide bonds. The number of piperidine rings is 1. The Morgan fingerprint density at radius 1 is 1.03 bits per heavy atom. The van der Waals surface area contributed by atoms with Gasteiger partial charge in [0.1, 0.15) is 11.5 Å². The maximum Gasteiger partial charge on any atom is 0.260 e. The third-order valence-electron chi connectivity index (χ3n) is 5.65. The van der Waals surface area contributed by atoms with Gasteiger partial charge in [0, 0.05) is 31.7 Å². The van der Waals surface area contributed by atoms with Gasteiger partial charge in [-0.05, 0) is 54.8 Å². The van der Waals surface area contributed by atoms with E-state index < -0.39 is 5.82 Å². The molecule has 1 N–H and O–H groups in total. The van der Waals surface area contributed by atoms with Crippen LogP contribution in [0.15, 0.2) is 73.1 Å². The van der Waals surface area contributed by atoms with E-state index in [4.69, 9.17) is 9.47 Å². The van der Waals surface area contributed by atoms with Gasteiger partial charge in [0.25, 0.3) is 5.91 Å². The Kier molecular flexibility index (Phi) is 7.70. The first kappa shape index (κ1) is 23.2. The molecule has 3 aromatic rings. The number of carbonyl (C=O) groups is 2. The number of amides is 2. The van der Waals surface area contributed by atoms with Gasteiger partial charge >= 0.3 is 0 Å². The molecule has 0 atom stereocenters. The molecule has 2 aromatic carbocycles. The lowest BCUT2D eigenvalue weighted by Crippen LogP contribution is -2.44. The molecule has 0 unspecified atom stereocenters. The fourth-order valence-corrected chi connectivity index (χ4v) is 3.75. The molecule has 176 valence electrons. The number of nitrogens with zero attached hydrogens (tertiary/aromatic N) is 2. The van der Waals surface area contributed by atoms with Crippen molar-refractivity contribution >= 4 is 11.8 Å². The number of halogens is 1.